The van der Waals surface area contributed by atoms with E-state index in [-0.39, 0.29) is 23.2 Å². The number of aliphatic hydroxyl groups excluding tert-OH is 1. The maximum Gasteiger partial charge on any atom is 0.270 e. The fourth-order valence-corrected chi connectivity index (χ4v) is 5.35. The van der Waals surface area contributed by atoms with Crippen LogP contribution < -0.4 is 5.32 Å². The summed E-state index contributed by atoms with van der Waals surface area (Å²) in [6.07, 6.45) is 8.62. The molecule has 0 spiro atoms. The van der Waals surface area contributed by atoms with E-state index in [1.807, 2.05) is 18.5 Å². The summed E-state index contributed by atoms with van der Waals surface area (Å²) in [6, 6.07) is 10.6. The van der Waals surface area contributed by atoms with Gasteiger partial charge in [-0.3, -0.25) is 14.7 Å². The SMILES string of the molecule is O=C(N[C@H]1CCCC[C@@H]1O)c1cc(CN2CCC(c3ccncc3)CC2)c2cccc(F)c2n1. The number of carbonyl (C=O) groups is 1. The number of nitrogens with one attached hydrogen (secondary N) is 1. The average molecular weight is 463 g/mol. The first-order chi connectivity index (χ1) is 16.6. The highest BCUT2D eigenvalue weighted by molar-refractivity contribution is 5.96. The molecule has 2 aliphatic rings. The molecule has 34 heavy (non-hydrogen) atoms. The summed E-state index contributed by atoms with van der Waals surface area (Å²) in [4.78, 5) is 23.9. The number of amides is 1. The van der Waals surface area contributed by atoms with Gasteiger partial charge in [-0.05, 0) is 80.1 Å². The Balaban J connectivity index is 1.35. The van der Waals surface area contributed by atoms with Gasteiger partial charge < -0.3 is 10.4 Å². The molecule has 178 valence electrons. The number of aromatic nitrogens is 2. The topological polar surface area (TPSA) is 78.4 Å². The molecule has 2 fully saturated rings. The first-order valence-electron chi connectivity index (χ1n) is 12.3. The highest BCUT2D eigenvalue weighted by Crippen LogP contribution is 2.30. The number of hydrogen-bond acceptors (Lipinski definition) is 5. The first-order valence-corrected chi connectivity index (χ1v) is 12.3. The number of hydrogen-bond donors (Lipinski definition) is 2. The number of rotatable bonds is 5. The zero-order valence-electron chi connectivity index (χ0n) is 19.3. The molecule has 5 rings (SSSR count). The number of fused-ring (bicyclic) bond motifs is 1. The van der Waals surface area contributed by atoms with Gasteiger partial charge in [-0.15, -0.1) is 0 Å². The summed E-state index contributed by atoms with van der Waals surface area (Å²) in [5, 5.41) is 13.9. The number of carbonyl (C=O) groups excluding carboxylic acids is 1. The normalized spacial score (nSPS) is 22.1. The van der Waals surface area contributed by atoms with Crippen LogP contribution in [-0.4, -0.2) is 51.1 Å². The van der Waals surface area contributed by atoms with Crippen LogP contribution in [0.5, 0.6) is 0 Å². The van der Waals surface area contributed by atoms with Crippen LogP contribution in [0.15, 0.2) is 48.8 Å². The molecule has 6 nitrogen and oxygen atoms in total. The van der Waals surface area contributed by atoms with Gasteiger partial charge >= 0.3 is 0 Å². The van der Waals surface area contributed by atoms with E-state index in [0.717, 1.165) is 56.1 Å². The van der Waals surface area contributed by atoms with Gasteiger partial charge in [0.15, 0.2) is 0 Å². The quantitative estimate of drug-likeness (QED) is 0.595. The number of para-hydroxylation sites is 1. The molecule has 1 saturated carbocycles. The number of halogens is 1. The predicted molar refractivity (Wildman–Crippen MR) is 129 cm³/mol. The van der Waals surface area contributed by atoms with Crippen molar-refractivity contribution >= 4 is 16.8 Å². The number of likely N-dealkylation sites (tertiary alicyclic amines) is 1. The van der Waals surface area contributed by atoms with Crippen LogP contribution in [0, 0.1) is 5.82 Å². The Morgan fingerprint density at radius 1 is 1.09 bits per heavy atom. The van der Waals surface area contributed by atoms with E-state index in [1.165, 1.54) is 11.6 Å². The summed E-state index contributed by atoms with van der Waals surface area (Å²) in [7, 11) is 0. The summed E-state index contributed by atoms with van der Waals surface area (Å²) in [6.45, 7) is 2.50. The molecular formula is C27H31FN4O2. The van der Waals surface area contributed by atoms with Gasteiger partial charge in [-0.2, -0.15) is 0 Å². The molecule has 0 bridgehead atoms. The molecule has 3 heterocycles. The van der Waals surface area contributed by atoms with Crippen LogP contribution in [0.2, 0.25) is 0 Å². The highest BCUT2D eigenvalue weighted by atomic mass is 19.1. The Labute approximate surface area is 199 Å². The second-order valence-corrected chi connectivity index (χ2v) is 9.57. The molecule has 1 aliphatic heterocycles. The van der Waals surface area contributed by atoms with Crippen LogP contribution in [0.1, 0.15) is 66.1 Å². The number of benzene rings is 1. The minimum atomic E-state index is -0.545. The second kappa shape index (κ2) is 10.2. The lowest BCUT2D eigenvalue weighted by Crippen LogP contribution is -2.45. The maximum absolute atomic E-state index is 14.7. The van der Waals surface area contributed by atoms with Crippen LogP contribution in [0.4, 0.5) is 4.39 Å². The molecule has 1 amide bonds. The summed E-state index contributed by atoms with van der Waals surface area (Å²) in [5.74, 6) is -0.259. The van der Waals surface area contributed by atoms with E-state index in [2.05, 4.69) is 32.3 Å². The van der Waals surface area contributed by atoms with E-state index in [9.17, 15) is 14.3 Å². The fraction of sp³-hybridized carbons (Fsp3) is 0.444. The van der Waals surface area contributed by atoms with Gasteiger partial charge in [0.1, 0.15) is 17.0 Å². The number of pyridine rings is 2. The Morgan fingerprint density at radius 3 is 2.62 bits per heavy atom. The molecule has 1 saturated heterocycles. The van der Waals surface area contributed by atoms with Crippen LogP contribution in [0.3, 0.4) is 0 Å². The highest BCUT2D eigenvalue weighted by Gasteiger charge is 2.26. The minimum Gasteiger partial charge on any atom is -0.391 e. The smallest absolute Gasteiger partial charge is 0.270 e. The summed E-state index contributed by atoms with van der Waals surface area (Å²) < 4.78 is 14.7. The van der Waals surface area contributed by atoms with Gasteiger partial charge in [-0.1, -0.05) is 25.0 Å². The van der Waals surface area contributed by atoms with E-state index in [4.69, 9.17) is 0 Å². The van der Waals surface area contributed by atoms with Crippen molar-refractivity contribution in [3.63, 3.8) is 0 Å². The third-order valence-corrected chi connectivity index (χ3v) is 7.31. The Hall–Kier alpha value is -2.90. The van der Waals surface area contributed by atoms with E-state index in [1.54, 1.807) is 12.1 Å². The molecule has 2 N–H and O–H groups in total. The average Bonchev–Trinajstić information content (AvgIpc) is 2.87. The summed E-state index contributed by atoms with van der Waals surface area (Å²) in [5.41, 5.74) is 2.66. The van der Waals surface area contributed by atoms with E-state index < -0.39 is 11.9 Å². The first kappa shape index (κ1) is 22.9. The third-order valence-electron chi connectivity index (χ3n) is 7.31. The van der Waals surface area contributed by atoms with Gasteiger partial charge in [0.25, 0.3) is 5.91 Å². The number of aliphatic hydroxyl groups is 1. The Bertz CT molecular complexity index is 1150. The van der Waals surface area contributed by atoms with Crippen LogP contribution >= 0.6 is 0 Å². The Kier molecular flexibility index (Phi) is 6.83. The standard InChI is InChI=1S/C27H31FN4O2/c28-22-5-3-4-21-20(17-32-14-10-19(11-15-32)18-8-12-29-13-9-18)16-24(30-26(21)22)27(34)31-23-6-1-2-7-25(23)33/h3-5,8-9,12-13,16,19,23,25,33H,1-2,6-7,10-11,14-15,17H2,(H,31,34)/t23-,25-/m0/s1. The van der Waals surface area contributed by atoms with Gasteiger partial charge in [0.2, 0.25) is 0 Å². The summed E-state index contributed by atoms with van der Waals surface area (Å²) >= 11 is 0. The molecule has 0 unspecified atom stereocenters. The van der Waals surface area contributed by atoms with Crippen molar-refractivity contribution in [3.05, 3.63) is 71.4 Å². The lowest BCUT2D eigenvalue weighted by molar-refractivity contribution is 0.0714. The monoisotopic (exact) mass is 462 g/mol. The largest absolute Gasteiger partial charge is 0.391 e. The number of nitrogens with zero attached hydrogens (tertiary/aromatic N) is 3. The van der Waals surface area contributed by atoms with Crippen LogP contribution in [-0.2, 0) is 6.54 Å². The van der Waals surface area contributed by atoms with Crippen molar-refractivity contribution in [2.24, 2.45) is 0 Å². The van der Waals surface area contributed by atoms with E-state index in [0.29, 0.717) is 18.9 Å². The van der Waals surface area contributed by atoms with Crippen molar-refractivity contribution in [2.75, 3.05) is 13.1 Å². The molecule has 7 heteroatoms. The molecule has 1 aliphatic carbocycles. The molecular weight excluding hydrogens is 431 g/mol. The minimum absolute atomic E-state index is 0.206. The van der Waals surface area contributed by atoms with Crippen LogP contribution in [0.25, 0.3) is 10.9 Å². The number of piperidine rings is 1. The second-order valence-electron chi connectivity index (χ2n) is 9.57. The van der Waals surface area contributed by atoms with Gasteiger partial charge in [0, 0.05) is 24.3 Å². The predicted octanol–water partition coefficient (Wildman–Crippen LogP) is 4.18. The molecule has 2 atom stereocenters. The fourth-order valence-electron chi connectivity index (χ4n) is 5.35. The maximum atomic E-state index is 14.7. The van der Waals surface area contributed by atoms with Crippen molar-refractivity contribution in [2.45, 2.75) is 63.1 Å². The van der Waals surface area contributed by atoms with Gasteiger partial charge in [-0.25, -0.2) is 9.37 Å². The van der Waals surface area contributed by atoms with Crippen molar-refractivity contribution in [1.82, 2.24) is 20.2 Å². The third kappa shape index (κ3) is 4.95. The molecule has 3 aromatic rings. The lowest BCUT2D eigenvalue weighted by Gasteiger charge is -2.32. The van der Waals surface area contributed by atoms with Crippen molar-refractivity contribution < 1.29 is 14.3 Å². The zero-order valence-corrected chi connectivity index (χ0v) is 19.3. The molecule has 1 aromatic carbocycles. The van der Waals surface area contributed by atoms with Crippen molar-refractivity contribution in [1.29, 1.82) is 0 Å². The van der Waals surface area contributed by atoms with E-state index >= 15 is 0 Å². The Morgan fingerprint density at radius 2 is 1.85 bits per heavy atom. The molecule has 2 aromatic heterocycles. The zero-order chi connectivity index (χ0) is 23.5. The van der Waals surface area contributed by atoms with Crippen molar-refractivity contribution in [3.8, 4) is 0 Å². The van der Waals surface area contributed by atoms with Gasteiger partial charge in [0.05, 0.1) is 12.1 Å². The lowest BCUT2D eigenvalue weighted by atomic mass is 9.90. The molecule has 0 radical (unpaired) electrons.